The number of halogens is 1. The molecule has 0 saturated carbocycles. The van der Waals surface area contributed by atoms with Crippen LogP contribution in [0.3, 0.4) is 0 Å². The third kappa shape index (κ3) is 4.82. The summed E-state index contributed by atoms with van der Waals surface area (Å²) in [6.45, 7) is 4.91. The molecule has 5 heteroatoms. The van der Waals surface area contributed by atoms with Crippen molar-refractivity contribution in [1.82, 2.24) is 4.90 Å². The molecule has 90 valence electrons. The molecule has 1 heterocycles. The number of nitrogens with zero attached hydrogens (tertiary/aromatic N) is 1. The van der Waals surface area contributed by atoms with Crippen molar-refractivity contribution < 1.29 is 14.6 Å². The molecule has 1 unspecified atom stereocenters. The molecule has 1 aliphatic rings. The summed E-state index contributed by atoms with van der Waals surface area (Å²) < 4.78 is 5.20. The summed E-state index contributed by atoms with van der Waals surface area (Å²) in [6, 6.07) is -0.307. The number of unbranched alkanes of at least 4 members (excludes halogenated alkanes) is 1. The van der Waals surface area contributed by atoms with Crippen molar-refractivity contribution in [3.05, 3.63) is 0 Å². The smallest absolute Gasteiger partial charge is 0.320 e. The lowest BCUT2D eigenvalue weighted by atomic mass is 10.1. The molecular formula is C10H20ClNO3. The van der Waals surface area contributed by atoms with Gasteiger partial charge < -0.3 is 9.84 Å². The zero-order valence-electron chi connectivity index (χ0n) is 9.15. The van der Waals surface area contributed by atoms with Gasteiger partial charge in [-0.3, -0.25) is 9.69 Å². The van der Waals surface area contributed by atoms with Crippen LogP contribution in [0.4, 0.5) is 0 Å². The van der Waals surface area contributed by atoms with E-state index in [2.05, 4.69) is 6.92 Å². The first-order valence-corrected chi connectivity index (χ1v) is 5.30. The highest BCUT2D eigenvalue weighted by atomic mass is 35.5. The van der Waals surface area contributed by atoms with E-state index in [0.717, 1.165) is 32.4 Å². The molecule has 0 bridgehead atoms. The molecule has 0 aromatic carbocycles. The van der Waals surface area contributed by atoms with Gasteiger partial charge in [0.05, 0.1) is 13.2 Å². The largest absolute Gasteiger partial charge is 0.480 e. The van der Waals surface area contributed by atoms with Crippen molar-refractivity contribution in [1.29, 1.82) is 0 Å². The standard InChI is InChI=1S/C10H19NO3.ClH/c1-2-3-4-9(10(12)13)11-5-7-14-8-6-11;/h9H,2-8H2,1H3,(H,12,13);1H. The Morgan fingerprint density at radius 3 is 2.53 bits per heavy atom. The van der Waals surface area contributed by atoms with Crippen molar-refractivity contribution in [2.75, 3.05) is 26.3 Å². The lowest BCUT2D eigenvalue weighted by Crippen LogP contribution is -2.47. The van der Waals surface area contributed by atoms with Crippen molar-refractivity contribution in [3.63, 3.8) is 0 Å². The molecule has 1 saturated heterocycles. The zero-order chi connectivity index (χ0) is 10.4. The SMILES string of the molecule is CCCCC(C(=O)O)N1CCOCC1.Cl. The van der Waals surface area contributed by atoms with Crippen LogP contribution in [0.1, 0.15) is 26.2 Å². The quantitative estimate of drug-likeness (QED) is 0.785. The second kappa shape index (κ2) is 7.91. The predicted molar refractivity (Wildman–Crippen MR) is 60.6 cm³/mol. The van der Waals surface area contributed by atoms with Crippen molar-refractivity contribution >= 4 is 18.4 Å². The Balaban J connectivity index is 0.00000196. The number of rotatable bonds is 5. The molecule has 4 nitrogen and oxygen atoms in total. The maximum Gasteiger partial charge on any atom is 0.320 e. The number of carboxylic acid groups (broad SMARTS) is 1. The van der Waals surface area contributed by atoms with Crippen LogP contribution < -0.4 is 0 Å². The van der Waals surface area contributed by atoms with Gasteiger partial charge >= 0.3 is 5.97 Å². The minimum absolute atomic E-state index is 0. The van der Waals surface area contributed by atoms with Crippen LogP contribution >= 0.6 is 12.4 Å². The first-order chi connectivity index (χ1) is 6.75. The number of ether oxygens (including phenoxy) is 1. The Morgan fingerprint density at radius 1 is 1.47 bits per heavy atom. The summed E-state index contributed by atoms with van der Waals surface area (Å²) in [5.41, 5.74) is 0. The monoisotopic (exact) mass is 237 g/mol. The second-order valence-electron chi connectivity index (χ2n) is 3.64. The number of morpholine rings is 1. The maximum atomic E-state index is 11.0. The van der Waals surface area contributed by atoms with Crippen LogP contribution in [-0.4, -0.2) is 48.3 Å². The molecule has 1 rings (SSSR count). The summed E-state index contributed by atoms with van der Waals surface area (Å²) >= 11 is 0. The van der Waals surface area contributed by atoms with Crippen LogP contribution in [0.15, 0.2) is 0 Å². The average molecular weight is 238 g/mol. The second-order valence-corrected chi connectivity index (χ2v) is 3.64. The van der Waals surface area contributed by atoms with E-state index in [0.29, 0.717) is 13.2 Å². The number of carbonyl (C=O) groups is 1. The highest BCUT2D eigenvalue weighted by molar-refractivity contribution is 5.85. The zero-order valence-corrected chi connectivity index (χ0v) is 9.96. The minimum Gasteiger partial charge on any atom is -0.480 e. The molecule has 0 aliphatic carbocycles. The Kier molecular flexibility index (Phi) is 7.74. The van der Waals surface area contributed by atoms with Gasteiger partial charge in [-0.2, -0.15) is 0 Å². The highest BCUT2D eigenvalue weighted by Gasteiger charge is 2.26. The molecule has 0 aromatic rings. The maximum absolute atomic E-state index is 11.0. The van der Waals surface area contributed by atoms with Gasteiger partial charge in [0, 0.05) is 13.1 Å². The van der Waals surface area contributed by atoms with Crippen LogP contribution in [0.2, 0.25) is 0 Å². The minimum atomic E-state index is -0.694. The van der Waals surface area contributed by atoms with E-state index in [-0.39, 0.29) is 18.4 Å². The third-order valence-electron chi connectivity index (χ3n) is 2.60. The number of aliphatic carboxylic acids is 1. The molecule has 1 N–H and O–H groups in total. The van der Waals surface area contributed by atoms with Crippen molar-refractivity contribution in [3.8, 4) is 0 Å². The molecule has 0 amide bonds. The van der Waals surface area contributed by atoms with Gasteiger partial charge in [-0.1, -0.05) is 19.8 Å². The fraction of sp³-hybridized carbons (Fsp3) is 0.900. The topological polar surface area (TPSA) is 49.8 Å². The van der Waals surface area contributed by atoms with Crippen LogP contribution in [0.5, 0.6) is 0 Å². The molecule has 1 fully saturated rings. The van der Waals surface area contributed by atoms with Gasteiger partial charge in [0.2, 0.25) is 0 Å². The van der Waals surface area contributed by atoms with Crippen molar-refractivity contribution in [2.45, 2.75) is 32.2 Å². The van der Waals surface area contributed by atoms with Crippen LogP contribution in [0.25, 0.3) is 0 Å². The van der Waals surface area contributed by atoms with Gasteiger partial charge in [-0.25, -0.2) is 0 Å². The summed E-state index contributed by atoms with van der Waals surface area (Å²) in [5, 5.41) is 9.07. The molecule has 1 aliphatic heterocycles. The molecule has 0 spiro atoms. The van der Waals surface area contributed by atoms with E-state index in [1.54, 1.807) is 0 Å². The molecule has 0 aromatic heterocycles. The van der Waals surface area contributed by atoms with E-state index in [1.165, 1.54) is 0 Å². The van der Waals surface area contributed by atoms with E-state index >= 15 is 0 Å². The Morgan fingerprint density at radius 2 is 2.07 bits per heavy atom. The molecule has 1 atom stereocenters. The van der Waals surface area contributed by atoms with E-state index in [9.17, 15) is 4.79 Å². The number of carboxylic acids is 1. The number of hydrogen-bond donors (Lipinski definition) is 1. The van der Waals surface area contributed by atoms with Gasteiger partial charge in [-0.05, 0) is 6.42 Å². The highest BCUT2D eigenvalue weighted by Crippen LogP contribution is 2.11. The van der Waals surface area contributed by atoms with Crippen LogP contribution in [0, 0.1) is 0 Å². The van der Waals surface area contributed by atoms with Crippen LogP contribution in [-0.2, 0) is 9.53 Å². The van der Waals surface area contributed by atoms with Gasteiger partial charge in [0.25, 0.3) is 0 Å². The van der Waals surface area contributed by atoms with Gasteiger partial charge in [-0.15, -0.1) is 12.4 Å². The van der Waals surface area contributed by atoms with E-state index in [1.807, 2.05) is 4.90 Å². The lowest BCUT2D eigenvalue weighted by Gasteiger charge is -2.31. The van der Waals surface area contributed by atoms with E-state index < -0.39 is 5.97 Å². The molecular weight excluding hydrogens is 218 g/mol. The Hall–Kier alpha value is -0.320. The van der Waals surface area contributed by atoms with Gasteiger partial charge in [0.1, 0.15) is 6.04 Å². The summed E-state index contributed by atoms with van der Waals surface area (Å²) in [6.07, 6.45) is 2.79. The summed E-state index contributed by atoms with van der Waals surface area (Å²) in [5.74, 6) is -0.694. The Labute approximate surface area is 97.0 Å². The average Bonchev–Trinajstić information content (AvgIpc) is 2.19. The Bertz CT molecular complexity index is 184. The first-order valence-electron chi connectivity index (χ1n) is 5.30. The fourth-order valence-corrected chi connectivity index (χ4v) is 1.75. The third-order valence-corrected chi connectivity index (χ3v) is 2.60. The van der Waals surface area contributed by atoms with E-state index in [4.69, 9.17) is 9.84 Å². The summed E-state index contributed by atoms with van der Waals surface area (Å²) in [7, 11) is 0. The van der Waals surface area contributed by atoms with Gasteiger partial charge in [0.15, 0.2) is 0 Å². The van der Waals surface area contributed by atoms with Crippen molar-refractivity contribution in [2.24, 2.45) is 0 Å². The fourth-order valence-electron chi connectivity index (χ4n) is 1.75. The summed E-state index contributed by atoms with van der Waals surface area (Å²) in [4.78, 5) is 13.0. The molecule has 15 heavy (non-hydrogen) atoms. The molecule has 0 radical (unpaired) electrons. The number of hydrogen-bond acceptors (Lipinski definition) is 3. The first kappa shape index (κ1) is 14.7. The lowest BCUT2D eigenvalue weighted by molar-refractivity contribution is -0.145. The predicted octanol–water partition coefficient (Wildman–Crippen LogP) is 1.38. The normalized spacial score (nSPS) is 19.3.